The molecule has 1 aromatic carbocycles. The van der Waals surface area contributed by atoms with E-state index >= 15 is 0 Å². The fourth-order valence-electron chi connectivity index (χ4n) is 1.99. The molecule has 0 spiro atoms. The molecule has 0 aliphatic heterocycles. The van der Waals surface area contributed by atoms with Crippen LogP contribution in [0.4, 0.5) is 10.1 Å². The topological polar surface area (TPSA) is 12.4 Å². The second-order valence-electron chi connectivity index (χ2n) is 4.84. The molecule has 4 heteroatoms. The first kappa shape index (κ1) is 16.6. The molecule has 0 aliphatic carbocycles. The summed E-state index contributed by atoms with van der Waals surface area (Å²) in [6.45, 7) is 2.20. The summed E-state index contributed by atoms with van der Waals surface area (Å²) in [7, 11) is 0. The third-order valence-electron chi connectivity index (χ3n) is 3.13. The Morgan fingerprint density at radius 1 is 1.18 bits per heavy atom. The van der Waals surface area contributed by atoms with Gasteiger partial charge in [-0.25, -0.2) is 4.39 Å². The first-order valence-corrected chi connectivity index (χ1v) is 8.43. The quantitative estimate of drug-likeness (QED) is 0.294. The molecule has 2 rings (SSSR count). The number of benzene rings is 1. The van der Waals surface area contributed by atoms with Gasteiger partial charge in [0.05, 0.1) is 10.0 Å². The Morgan fingerprint density at radius 2 is 2.05 bits per heavy atom. The van der Waals surface area contributed by atoms with Crippen LogP contribution in [0.15, 0.2) is 35.3 Å². The molecule has 0 amide bonds. The fraction of sp³-hybridized carbons (Fsp3) is 0.278. The summed E-state index contributed by atoms with van der Waals surface area (Å²) in [5.74, 6) is 5.63. The molecule has 112 valence electrons. The molecule has 1 nitrogen and oxygen atoms in total. The molecule has 0 saturated carbocycles. The second kappa shape index (κ2) is 8.60. The van der Waals surface area contributed by atoms with E-state index in [9.17, 15) is 4.39 Å². The van der Waals surface area contributed by atoms with Crippen LogP contribution in [0.1, 0.15) is 41.5 Å². The molecular weight excluding hydrogens is 313 g/mol. The maximum Gasteiger partial charge on any atom is 0.150 e. The molecule has 0 atom stereocenters. The van der Waals surface area contributed by atoms with E-state index in [-0.39, 0.29) is 5.69 Å². The Labute approximate surface area is 139 Å². The molecule has 1 heterocycles. The smallest absolute Gasteiger partial charge is 0.150 e. The molecule has 0 radical (unpaired) electrons. The number of thiocarbonyl (C=S) groups is 1. The predicted octanol–water partition coefficient (Wildman–Crippen LogP) is 5.75. The van der Waals surface area contributed by atoms with Gasteiger partial charge in [0.25, 0.3) is 0 Å². The van der Waals surface area contributed by atoms with E-state index in [2.05, 4.69) is 47.2 Å². The van der Waals surface area contributed by atoms with Gasteiger partial charge in [-0.05, 0) is 55.4 Å². The van der Waals surface area contributed by atoms with Crippen LogP contribution in [0, 0.1) is 17.7 Å². The molecule has 0 aliphatic rings. The number of nitrogens with zero attached hydrogens (tertiary/aromatic N) is 1. The maximum atomic E-state index is 13.7. The minimum absolute atomic E-state index is 0.190. The van der Waals surface area contributed by atoms with Crippen LogP contribution < -0.4 is 0 Å². The number of aliphatic imine (C=N–C) groups is 1. The number of rotatable bonds is 5. The van der Waals surface area contributed by atoms with Gasteiger partial charge in [0.1, 0.15) is 5.69 Å². The number of hydrogen-bond acceptors (Lipinski definition) is 3. The maximum absolute atomic E-state index is 13.7. The van der Waals surface area contributed by atoms with E-state index in [0.717, 1.165) is 11.3 Å². The minimum Gasteiger partial charge on any atom is -0.205 e. The summed E-state index contributed by atoms with van der Waals surface area (Å²) in [5.41, 5.74) is 0.816. The van der Waals surface area contributed by atoms with Crippen molar-refractivity contribution in [3.05, 3.63) is 51.5 Å². The number of thiophene rings is 1. The van der Waals surface area contributed by atoms with Gasteiger partial charge in [0.15, 0.2) is 5.82 Å². The van der Waals surface area contributed by atoms with Crippen LogP contribution in [-0.4, -0.2) is 5.16 Å². The number of unbranched alkanes of at least 4 members (excludes halogenated alkanes) is 2. The normalized spacial score (nSPS) is 9.73. The Balaban J connectivity index is 2.07. The van der Waals surface area contributed by atoms with Crippen LogP contribution >= 0.6 is 23.6 Å². The van der Waals surface area contributed by atoms with Gasteiger partial charge in [-0.2, -0.15) is 4.99 Å². The third kappa shape index (κ3) is 4.89. The minimum atomic E-state index is -0.435. The molecule has 2 aromatic rings. The highest BCUT2D eigenvalue weighted by Gasteiger charge is 2.01. The van der Waals surface area contributed by atoms with Gasteiger partial charge in [-0.3, -0.25) is 0 Å². The van der Waals surface area contributed by atoms with Crippen molar-refractivity contribution >= 4 is 34.4 Å². The summed E-state index contributed by atoms with van der Waals surface area (Å²) in [6, 6.07) is 8.82. The van der Waals surface area contributed by atoms with Crippen molar-refractivity contribution in [2.45, 2.75) is 32.6 Å². The van der Waals surface area contributed by atoms with E-state index in [1.165, 1.54) is 30.2 Å². The van der Waals surface area contributed by atoms with E-state index in [0.29, 0.717) is 5.56 Å². The zero-order valence-corrected chi connectivity index (χ0v) is 14.0. The summed E-state index contributed by atoms with van der Waals surface area (Å²) < 4.78 is 13.7. The van der Waals surface area contributed by atoms with E-state index in [4.69, 9.17) is 0 Å². The zero-order valence-electron chi connectivity index (χ0n) is 12.4. The van der Waals surface area contributed by atoms with Crippen molar-refractivity contribution in [1.29, 1.82) is 0 Å². The zero-order chi connectivity index (χ0) is 15.8. The van der Waals surface area contributed by atoms with Gasteiger partial charge >= 0.3 is 0 Å². The van der Waals surface area contributed by atoms with Crippen LogP contribution in [-0.2, 0) is 6.42 Å². The highest BCUT2D eigenvalue weighted by atomic mass is 32.1. The number of halogens is 1. The van der Waals surface area contributed by atoms with Crippen molar-refractivity contribution in [1.82, 2.24) is 0 Å². The molecule has 22 heavy (non-hydrogen) atoms. The average Bonchev–Trinajstić information content (AvgIpc) is 2.96. The van der Waals surface area contributed by atoms with Gasteiger partial charge in [-0.15, -0.1) is 11.3 Å². The second-order valence-corrected chi connectivity index (χ2v) is 6.19. The molecule has 0 unspecified atom stereocenters. The third-order valence-corrected chi connectivity index (χ3v) is 4.28. The van der Waals surface area contributed by atoms with Crippen LogP contribution in [0.5, 0.6) is 0 Å². The molecule has 0 fully saturated rings. The van der Waals surface area contributed by atoms with Crippen molar-refractivity contribution in [3.63, 3.8) is 0 Å². The highest BCUT2D eigenvalue weighted by Crippen LogP contribution is 2.20. The summed E-state index contributed by atoms with van der Waals surface area (Å²) in [5, 5.41) is 2.16. The Hall–Kier alpha value is -1.79. The molecule has 0 bridgehead atoms. The van der Waals surface area contributed by atoms with Crippen molar-refractivity contribution in [3.8, 4) is 11.8 Å². The summed E-state index contributed by atoms with van der Waals surface area (Å²) in [4.78, 5) is 6.01. The standard InChI is InChI=1S/C18H16FNS2/c1-2-3-4-5-15-9-10-16(22-15)8-6-14-7-11-18(20-13-21)17(19)12-14/h7,9-12H,2-5H2,1H3. The molecule has 0 saturated heterocycles. The lowest BCUT2D eigenvalue weighted by Crippen LogP contribution is -1.80. The lowest BCUT2D eigenvalue weighted by Gasteiger charge is -1.95. The predicted molar refractivity (Wildman–Crippen MR) is 94.6 cm³/mol. The monoisotopic (exact) mass is 329 g/mol. The first-order chi connectivity index (χ1) is 10.7. The van der Waals surface area contributed by atoms with Crippen LogP contribution in [0.2, 0.25) is 0 Å². The Morgan fingerprint density at radius 3 is 2.77 bits per heavy atom. The Kier molecular flexibility index (Phi) is 6.48. The number of hydrogen-bond donors (Lipinski definition) is 0. The largest absolute Gasteiger partial charge is 0.205 e. The van der Waals surface area contributed by atoms with Crippen molar-refractivity contribution in [2.75, 3.05) is 0 Å². The highest BCUT2D eigenvalue weighted by molar-refractivity contribution is 7.78. The van der Waals surface area contributed by atoms with Gasteiger partial charge < -0.3 is 0 Å². The van der Waals surface area contributed by atoms with Crippen molar-refractivity contribution in [2.24, 2.45) is 4.99 Å². The van der Waals surface area contributed by atoms with Crippen LogP contribution in [0.3, 0.4) is 0 Å². The number of aryl methyl sites for hydroxylation is 1. The van der Waals surface area contributed by atoms with Gasteiger partial charge in [-0.1, -0.05) is 31.6 Å². The summed E-state index contributed by atoms with van der Waals surface area (Å²) in [6.07, 6.45) is 4.82. The molecular formula is C18H16FNS2. The first-order valence-electron chi connectivity index (χ1n) is 7.21. The van der Waals surface area contributed by atoms with Crippen LogP contribution in [0.25, 0.3) is 0 Å². The SMILES string of the molecule is CCCCCc1ccc(C#Cc2ccc(N=C=S)c(F)c2)s1. The summed E-state index contributed by atoms with van der Waals surface area (Å²) >= 11 is 6.18. The van der Waals surface area contributed by atoms with E-state index < -0.39 is 5.82 Å². The fourth-order valence-corrected chi connectivity index (χ4v) is 2.99. The number of isothiocyanates is 1. The molecule has 0 N–H and O–H groups in total. The Bertz CT molecular complexity index is 746. The lowest BCUT2D eigenvalue weighted by atomic mass is 10.2. The average molecular weight is 329 g/mol. The van der Waals surface area contributed by atoms with E-state index in [1.54, 1.807) is 23.5 Å². The van der Waals surface area contributed by atoms with E-state index in [1.807, 2.05) is 6.07 Å². The lowest BCUT2D eigenvalue weighted by molar-refractivity contribution is 0.629. The van der Waals surface area contributed by atoms with Gasteiger partial charge in [0, 0.05) is 10.4 Å². The van der Waals surface area contributed by atoms with Gasteiger partial charge in [0.2, 0.25) is 0 Å². The van der Waals surface area contributed by atoms with Crippen molar-refractivity contribution < 1.29 is 4.39 Å². The molecule has 1 aromatic heterocycles.